The Hall–Kier alpha value is -2.77. The van der Waals surface area contributed by atoms with Crippen LogP contribution in [0, 0.1) is 10.1 Å². The molecule has 7 heteroatoms. The number of aromatic amines is 1. The van der Waals surface area contributed by atoms with E-state index in [0.717, 1.165) is 42.5 Å². The van der Waals surface area contributed by atoms with Gasteiger partial charge in [-0.15, -0.1) is 0 Å². The zero-order valence-electron chi connectivity index (χ0n) is 15.2. The molecule has 2 heterocycles. The first-order valence-corrected chi connectivity index (χ1v) is 9.13. The summed E-state index contributed by atoms with van der Waals surface area (Å²) in [5.74, 6) is 0.677. The number of benzene rings is 2. The van der Waals surface area contributed by atoms with Crippen LogP contribution in [0.15, 0.2) is 48.5 Å². The number of nitro benzene ring substituents is 1. The predicted molar refractivity (Wildman–Crippen MR) is 103 cm³/mol. The molecule has 0 radical (unpaired) electrons. The molecule has 2 aromatic carbocycles. The molecule has 1 aromatic heterocycles. The van der Waals surface area contributed by atoms with E-state index in [4.69, 9.17) is 4.74 Å². The van der Waals surface area contributed by atoms with E-state index in [-0.39, 0.29) is 16.7 Å². The third kappa shape index (κ3) is 3.84. The van der Waals surface area contributed by atoms with Gasteiger partial charge in [-0.3, -0.25) is 10.1 Å². The molecule has 27 heavy (non-hydrogen) atoms. The molecule has 1 N–H and O–H groups in total. The van der Waals surface area contributed by atoms with Gasteiger partial charge in [0.25, 0.3) is 5.69 Å². The smallest absolute Gasteiger partial charge is 0.269 e. The van der Waals surface area contributed by atoms with Crippen molar-refractivity contribution in [3.63, 3.8) is 0 Å². The lowest BCUT2D eigenvalue weighted by Crippen LogP contribution is -2.35. The fourth-order valence-corrected chi connectivity index (χ4v) is 3.51. The molecule has 0 amide bonds. The summed E-state index contributed by atoms with van der Waals surface area (Å²) in [6.07, 6.45) is 1.49. The van der Waals surface area contributed by atoms with Crippen LogP contribution in [-0.2, 0) is 4.74 Å². The molecule has 0 aliphatic carbocycles. The van der Waals surface area contributed by atoms with Crippen molar-refractivity contribution in [3.8, 4) is 0 Å². The van der Waals surface area contributed by atoms with Crippen molar-refractivity contribution in [1.82, 2.24) is 14.9 Å². The van der Waals surface area contributed by atoms with Crippen molar-refractivity contribution in [2.45, 2.75) is 25.0 Å². The lowest BCUT2D eigenvalue weighted by Gasteiger charge is -2.31. The van der Waals surface area contributed by atoms with Gasteiger partial charge in [0.1, 0.15) is 11.9 Å². The SMILES string of the molecule is CN1CCC(OC(c2cccc([N+](=O)[O-])c2)c2nc3ccccc3[nH]2)CC1. The summed E-state index contributed by atoms with van der Waals surface area (Å²) in [4.78, 5) is 21.1. The fourth-order valence-electron chi connectivity index (χ4n) is 3.51. The number of nitro groups is 1. The number of nitrogens with one attached hydrogen (secondary N) is 1. The second-order valence-corrected chi connectivity index (χ2v) is 7.01. The average Bonchev–Trinajstić information content (AvgIpc) is 3.11. The van der Waals surface area contributed by atoms with Gasteiger partial charge in [0.2, 0.25) is 0 Å². The van der Waals surface area contributed by atoms with E-state index >= 15 is 0 Å². The number of imidazole rings is 1. The van der Waals surface area contributed by atoms with E-state index in [9.17, 15) is 10.1 Å². The van der Waals surface area contributed by atoms with Crippen LogP contribution in [0.2, 0.25) is 0 Å². The minimum atomic E-state index is -0.467. The average molecular weight is 366 g/mol. The molecule has 140 valence electrons. The molecule has 4 rings (SSSR count). The highest BCUT2D eigenvalue weighted by molar-refractivity contribution is 5.74. The van der Waals surface area contributed by atoms with Crippen molar-refractivity contribution in [2.75, 3.05) is 20.1 Å². The number of aromatic nitrogens is 2. The Balaban J connectivity index is 1.70. The summed E-state index contributed by atoms with van der Waals surface area (Å²) in [5, 5.41) is 11.2. The molecule has 0 bridgehead atoms. The van der Waals surface area contributed by atoms with Gasteiger partial charge in [-0.2, -0.15) is 0 Å². The number of hydrogen-bond acceptors (Lipinski definition) is 5. The second-order valence-electron chi connectivity index (χ2n) is 7.01. The molecule has 3 aromatic rings. The van der Waals surface area contributed by atoms with E-state index in [1.54, 1.807) is 12.1 Å². The van der Waals surface area contributed by atoms with Crippen LogP contribution in [-0.4, -0.2) is 46.0 Å². The Labute approximate surface area is 157 Å². The van der Waals surface area contributed by atoms with E-state index in [1.807, 2.05) is 30.3 Å². The standard InChI is InChI=1S/C20H22N4O3/c1-23-11-9-16(10-12-23)27-19(14-5-4-6-15(13-14)24(25)26)20-21-17-7-2-3-8-18(17)22-20/h2-8,13,16,19H,9-12H2,1H3,(H,21,22). The number of likely N-dealkylation sites (tertiary alicyclic amines) is 1. The quantitative estimate of drug-likeness (QED) is 0.550. The number of ether oxygens (including phenoxy) is 1. The van der Waals surface area contributed by atoms with Gasteiger partial charge in [-0.1, -0.05) is 24.3 Å². The van der Waals surface area contributed by atoms with Crippen LogP contribution in [0.5, 0.6) is 0 Å². The molecule has 7 nitrogen and oxygen atoms in total. The molecule has 0 spiro atoms. The van der Waals surface area contributed by atoms with Crippen molar-refractivity contribution >= 4 is 16.7 Å². The summed E-state index contributed by atoms with van der Waals surface area (Å²) >= 11 is 0. The molecule has 1 aliphatic rings. The highest BCUT2D eigenvalue weighted by Gasteiger charge is 2.26. The number of non-ortho nitro benzene ring substituents is 1. The van der Waals surface area contributed by atoms with Crippen molar-refractivity contribution in [3.05, 3.63) is 70.0 Å². The third-order valence-corrected chi connectivity index (χ3v) is 5.03. The van der Waals surface area contributed by atoms with Crippen molar-refractivity contribution in [1.29, 1.82) is 0 Å². The van der Waals surface area contributed by atoms with Crippen LogP contribution in [0.4, 0.5) is 5.69 Å². The van der Waals surface area contributed by atoms with E-state index in [1.165, 1.54) is 6.07 Å². The molecular formula is C20H22N4O3. The largest absolute Gasteiger partial charge is 0.362 e. The van der Waals surface area contributed by atoms with Crippen molar-refractivity contribution < 1.29 is 9.66 Å². The van der Waals surface area contributed by atoms with E-state index in [0.29, 0.717) is 5.82 Å². The van der Waals surface area contributed by atoms with Gasteiger partial charge in [0.05, 0.1) is 22.1 Å². The maximum Gasteiger partial charge on any atom is 0.269 e. The maximum atomic E-state index is 11.2. The van der Waals surface area contributed by atoms with Gasteiger partial charge >= 0.3 is 0 Å². The van der Waals surface area contributed by atoms with E-state index in [2.05, 4.69) is 21.9 Å². The van der Waals surface area contributed by atoms with Crippen LogP contribution >= 0.6 is 0 Å². The summed E-state index contributed by atoms with van der Waals surface area (Å²) in [7, 11) is 2.10. The molecule has 1 saturated heterocycles. The number of nitrogens with zero attached hydrogens (tertiary/aromatic N) is 3. The second kappa shape index (κ2) is 7.46. The Morgan fingerprint density at radius 1 is 1.22 bits per heavy atom. The van der Waals surface area contributed by atoms with Crippen LogP contribution in [0.3, 0.4) is 0 Å². The summed E-state index contributed by atoms with van der Waals surface area (Å²) < 4.78 is 6.43. The molecule has 1 fully saturated rings. The zero-order chi connectivity index (χ0) is 18.8. The number of piperidine rings is 1. The number of H-pyrrole nitrogens is 1. The molecule has 1 atom stereocenters. The normalized spacial score (nSPS) is 17.2. The van der Waals surface area contributed by atoms with Crippen molar-refractivity contribution in [2.24, 2.45) is 0 Å². The Kier molecular flexibility index (Phi) is 4.87. The Bertz CT molecular complexity index is 914. The van der Waals surface area contributed by atoms with E-state index < -0.39 is 6.10 Å². The maximum absolute atomic E-state index is 11.2. The summed E-state index contributed by atoms with van der Waals surface area (Å²) in [6.45, 7) is 1.96. The molecule has 0 saturated carbocycles. The van der Waals surface area contributed by atoms with Gasteiger partial charge in [0, 0.05) is 25.2 Å². The molecular weight excluding hydrogens is 344 g/mol. The minimum absolute atomic E-state index is 0.0561. The Morgan fingerprint density at radius 2 is 2.00 bits per heavy atom. The predicted octanol–water partition coefficient (Wildman–Crippen LogP) is 3.67. The minimum Gasteiger partial charge on any atom is -0.362 e. The lowest BCUT2D eigenvalue weighted by atomic mass is 10.1. The lowest BCUT2D eigenvalue weighted by molar-refractivity contribution is -0.385. The van der Waals surface area contributed by atoms with Gasteiger partial charge in [-0.05, 0) is 37.6 Å². The van der Waals surface area contributed by atoms with Crippen LogP contribution in [0.25, 0.3) is 11.0 Å². The highest BCUT2D eigenvalue weighted by Crippen LogP contribution is 2.31. The topological polar surface area (TPSA) is 84.3 Å². The first kappa shape index (κ1) is 17.6. The first-order valence-electron chi connectivity index (χ1n) is 9.13. The molecule has 1 aliphatic heterocycles. The van der Waals surface area contributed by atoms with Crippen LogP contribution in [0.1, 0.15) is 30.3 Å². The first-order chi connectivity index (χ1) is 13.1. The Morgan fingerprint density at radius 3 is 2.74 bits per heavy atom. The summed E-state index contributed by atoms with van der Waals surface area (Å²) in [5.41, 5.74) is 2.58. The fraction of sp³-hybridized carbons (Fsp3) is 0.350. The number of rotatable bonds is 5. The number of fused-ring (bicyclic) bond motifs is 1. The van der Waals surface area contributed by atoms with Gasteiger partial charge in [0.15, 0.2) is 0 Å². The summed E-state index contributed by atoms with van der Waals surface area (Å²) in [6, 6.07) is 14.4. The van der Waals surface area contributed by atoms with Gasteiger partial charge in [-0.25, -0.2) is 4.98 Å². The van der Waals surface area contributed by atoms with Gasteiger partial charge < -0.3 is 14.6 Å². The van der Waals surface area contributed by atoms with Crippen LogP contribution < -0.4 is 0 Å². The highest BCUT2D eigenvalue weighted by atomic mass is 16.6. The number of para-hydroxylation sites is 2. The number of hydrogen-bond donors (Lipinski definition) is 1. The monoisotopic (exact) mass is 366 g/mol. The zero-order valence-corrected chi connectivity index (χ0v) is 15.2. The molecule has 1 unspecified atom stereocenters. The third-order valence-electron chi connectivity index (χ3n) is 5.03.